The van der Waals surface area contributed by atoms with Crippen LogP contribution in [0.15, 0.2) is 134 Å². The predicted molar refractivity (Wildman–Crippen MR) is 274 cm³/mol. The lowest BCUT2D eigenvalue weighted by Crippen LogP contribution is -2.59. The van der Waals surface area contributed by atoms with Crippen molar-refractivity contribution in [2.75, 3.05) is 26.4 Å². The minimum Gasteiger partial charge on any atom is -0.457 e. The molecule has 1 saturated heterocycles. The zero-order chi connectivity index (χ0) is 47.8. The van der Waals surface area contributed by atoms with Crippen molar-refractivity contribution in [3.63, 3.8) is 0 Å². The van der Waals surface area contributed by atoms with Crippen LogP contribution in [-0.2, 0) is 23.7 Å². The highest BCUT2D eigenvalue weighted by Gasteiger charge is 2.44. The molecule has 0 aromatic carbocycles. The van der Waals surface area contributed by atoms with Gasteiger partial charge in [-0.25, -0.2) is 0 Å². The lowest BCUT2D eigenvalue weighted by molar-refractivity contribution is -0.305. The highest BCUT2D eigenvalue weighted by Crippen LogP contribution is 2.22. The first-order valence-corrected chi connectivity index (χ1v) is 25.3. The zero-order valence-corrected chi connectivity index (χ0v) is 40.9. The van der Waals surface area contributed by atoms with Crippen LogP contribution in [0, 0.1) is 0 Å². The van der Waals surface area contributed by atoms with E-state index in [1.807, 2.05) is 0 Å². The Bertz CT molecular complexity index is 1460. The summed E-state index contributed by atoms with van der Waals surface area (Å²) in [5, 5.41) is 40.3. The number of unbranched alkanes of at least 4 members (excludes halogenated alkanes) is 8. The maximum Gasteiger partial charge on any atom is 0.306 e. The molecule has 1 aliphatic heterocycles. The second kappa shape index (κ2) is 46.4. The molecule has 0 bridgehead atoms. The number of esters is 1. The number of carbonyl (C=O) groups is 1. The quantitative estimate of drug-likeness (QED) is 0.0269. The average molecular weight is 919 g/mol. The molecule has 0 spiro atoms. The number of hydrogen-bond donors (Lipinski definition) is 4. The molecule has 0 aromatic heterocycles. The van der Waals surface area contributed by atoms with Crippen molar-refractivity contribution in [1.82, 2.24) is 0 Å². The van der Waals surface area contributed by atoms with Gasteiger partial charge in [0.25, 0.3) is 0 Å². The van der Waals surface area contributed by atoms with Gasteiger partial charge in [0.2, 0.25) is 0 Å². The molecule has 6 atom stereocenters. The summed E-state index contributed by atoms with van der Waals surface area (Å²) in [5.41, 5.74) is 0. The smallest absolute Gasteiger partial charge is 0.306 e. The van der Waals surface area contributed by atoms with Gasteiger partial charge in [-0.2, -0.15) is 0 Å². The maximum absolute atomic E-state index is 12.8. The Hall–Kier alpha value is -3.67. The molecule has 1 heterocycles. The van der Waals surface area contributed by atoms with E-state index in [1.165, 1.54) is 0 Å². The Balaban J connectivity index is 2.29. The third-order valence-electron chi connectivity index (χ3n) is 10.6. The van der Waals surface area contributed by atoms with Crippen LogP contribution in [0.4, 0.5) is 0 Å². The van der Waals surface area contributed by atoms with Crippen molar-refractivity contribution < 1.29 is 44.2 Å². The topological polar surface area (TPSA) is 135 Å². The van der Waals surface area contributed by atoms with Crippen molar-refractivity contribution in [3.8, 4) is 0 Å². The molecule has 1 fully saturated rings. The minimum absolute atomic E-state index is 0.103. The van der Waals surface area contributed by atoms with Crippen LogP contribution < -0.4 is 0 Å². The summed E-state index contributed by atoms with van der Waals surface area (Å²) < 4.78 is 22.8. The summed E-state index contributed by atoms with van der Waals surface area (Å²) in [7, 11) is 0. The van der Waals surface area contributed by atoms with Gasteiger partial charge in [0.1, 0.15) is 30.5 Å². The fourth-order valence-corrected chi connectivity index (χ4v) is 6.70. The van der Waals surface area contributed by atoms with Gasteiger partial charge in [-0.1, -0.05) is 173 Å². The number of rotatable bonds is 41. The molecule has 0 radical (unpaired) electrons. The molecular weight excluding hydrogens is 829 g/mol. The van der Waals surface area contributed by atoms with Crippen LogP contribution in [-0.4, -0.2) is 89.6 Å². The van der Waals surface area contributed by atoms with Crippen LogP contribution in [0.2, 0.25) is 0 Å². The number of allylic oxidation sites excluding steroid dienone is 22. The summed E-state index contributed by atoms with van der Waals surface area (Å²) in [6.45, 7) is 4.19. The molecule has 0 aromatic rings. The largest absolute Gasteiger partial charge is 0.457 e. The zero-order valence-electron chi connectivity index (χ0n) is 40.9. The Morgan fingerprint density at radius 2 is 0.879 bits per heavy atom. The Labute approximate surface area is 400 Å². The normalized spacial score (nSPS) is 20.5. The molecule has 1 aliphatic rings. The van der Waals surface area contributed by atoms with E-state index in [2.05, 4.69) is 148 Å². The molecule has 66 heavy (non-hydrogen) atoms. The lowest BCUT2D eigenvalue weighted by Gasteiger charge is -2.39. The Morgan fingerprint density at radius 1 is 0.485 bits per heavy atom. The molecule has 0 aliphatic carbocycles. The molecule has 4 N–H and O–H groups in total. The molecule has 9 heteroatoms. The number of aliphatic hydroxyl groups excluding tert-OH is 4. The highest BCUT2D eigenvalue weighted by molar-refractivity contribution is 5.69. The van der Waals surface area contributed by atoms with Gasteiger partial charge in [0.05, 0.1) is 19.8 Å². The van der Waals surface area contributed by atoms with Crippen molar-refractivity contribution >= 4 is 5.97 Å². The lowest BCUT2D eigenvalue weighted by atomic mass is 9.99. The van der Waals surface area contributed by atoms with E-state index in [0.29, 0.717) is 6.61 Å². The van der Waals surface area contributed by atoms with E-state index >= 15 is 0 Å². The SMILES string of the molecule is CC/C=C\C/C=C\C/C=C\C/C=C\C/C=C\C/C=C\CCCCCOCC(COC1OC(CO)C(O)C(O)C1O)OC(=O)CCCCCCC/C=C\C/C=C\C/C=C\C/C=C\C/C=C\CC. The standard InChI is InChI=1S/C57H90O9/c1-3-5-7-9-11-13-15-17-19-21-23-25-27-29-31-33-35-37-39-41-43-45-47-63-49-51(50-64-57-56(62)55(61)54(60)52(48-58)66-57)65-53(59)46-44-42-40-38-36-34-32-30-28-26-24-22-20-18-16-14-12-10-8-6-4-2/h5-8,11-14,17-20,23-26,29-32,35,37,51-52,54-58,60-62H,3-4,9-10,15-16,21-22,27-28,33-34,36,38-50H2,1-2H3/b7-5-,8-6-,13-11-,14-12-,19-17-,20-18-,25-23-,26-24-,31-29-,32-30-,37-35-. The third kappa shape index (κ3) is 36.4. The Kier molecular flexibility index (Phi) is 42.5. The van der Waals surface area contributed by atoms with Crippen molar-refractivity contribution in [2.45, 2.75) is 192 Å². The number of ether oxygens (including phenoxy) is 4. The second-order valence-electron chi connectivity index (χ2n) is 16.5. The molecule has 9 nitrogen and oxygen atoms in total. The monoisotopic (exact) mass is 919 g/mol. The van der Waals surface area contributed by atoms with Gasteiger partial charge in [-0.05, 0) is 109 Å². The van der Waals surface area contributed by atoms with Crippen molar-refractivity contribution in [1.29, 1.82) is 0 Å². The van der Waals surface area contributed by atoms with E-state index in [1.54, 1.807) is 0 Å². The average Bonchev–Trinajstić information content (AvgIpc) is 3.32. The highest BCUT2D eigenvalue weighted by atomic mass is 16.7. The summed E-state index contributed by atoms with van der Waals surface area (Å²) in [6, 6.07) is 0. The van der Waals surface area contributed by atoms with Gasteiger partial charge in [-0.3, -0.25) is 4.79 Å². The predicted octanol–water partition coefficient (Wildman–Crippen LogP) is 12.5. The van der Waals surface area contributed by atoms with Crippen molar-refractivity contribution in [3.05, 3.63) is 134 Å². The number of carbonyl (C=O) groups excluding carboxylic acids is 1. The van der Waals surface area contributed by atoms with Gasteiger partial charge < -0.3 is 39.4 Å². The van der Waals surface area contributed by atoms with Gasteiger partial charge in [-0.15, -0.1) is 0 Å². The van der Waals surface area contributed by atoms with Crippen LogP contribution in [0.3, 0.4) is 0 Å². The Morgan fingerprint density at radius 3 is 1.32 bits per heavy atom. The number of hydrogen-bond acceptors (Lipinski definition) is 9. The number of aliphatic hydroxyl groups is 4. The third-order valence-corrected chi connectivity index (χ3v) is 10.6. The van der Waals surface area contributed by atoms with Gasteiger partial charge in [0, 0.05) is 13.0 Å². The van der Waals surface area contributed by atoms with E-state index < -0.39 is 43.4 Å². The van der Waals surface area contributed by atoms with Gasteiger partial charge >= 0.3 is 5.97 Å². The van der Waals surface area contributed by atoms with E-state index in [4.69, 9.17) is 18.9 Å². The van der Waals surface area contributed by atoms with Crippen LogP contribution in [0.1, 0.15) is 155 Å². The summed E-state index contributed by atoms with van der Waals surface area (Å²) >= 11 is 0. The molecule has 372 valence electrons. The van der Waals surface area contributed by atoms with Gasteiger partial charge in [0.15, 0.2) is 6.29 Å². The molecular formula is C57H90O9. The first-order valence-electron chi connectivity index (χ1n) is 25.3. The first-order chi connectivity index (χ1) is 32.4. The molecule has 0 saturated carbocycles. The molecule has 1 rings (SSSR count). The second-order valence-corrected chi connectivity index (χ2v) is 16.5. The van der Waals surface area contributed by atoms with Crippen LogP contribution in [0.5, 0.6) is 0 Å². The molecule has 6 unspecified atom stereocenters. The minimum atomic E-state index is -1.56. The fourth-order valence-electron chi connectivity index (χ4n) is 6.70. The van der Waals surface area contributed by atoms with E-state index in [0.717, 1.165) is 135 Å². The van der Waals surface area contributed by atoms with Crippen molar-refractivity contribution in [2.24, 2.45) is 0 Å². The summed E-state index contributed by atoms with van der Waals surface area (Å²) in [6.07, 6.45) is 61.9. The summed E-state index contributed by atoms with van der Waals surface area (Å²) in [4.78, 5) is 12.8. The van der Waals surface area contributed by atoms with Crippen LogP contribution in [0.25, 0.3) is 0 Å². The van der Waals surface area contributed by atoms with E-state index in [-0.39, 0.29) is 25.6 Å². The summed E-state index contributed by atoms with van der Waals surface area (Å²) in [5.74, 6) is -0.351. The van der Waals surface area contributed by atoms with Crippen LogP contribution >= 0.6 is 0 Å². The first kappa shape index (κ1) is 60.3. The molecule has 0 amide bonds. The van der Waals surface area contributed by atoms with E-state index in [9.17, 15) is 25.2 Å². The maximum atomic E-state index is 12.8. The fraction of sp³-hybridized carbons (Fsp3) is 0.596.